The topological polar surface area (TPSA) is 33.9 Å². The molecule has 0 amide bonds. The third-order valence-corrected chi connectivity index (χ3v) is 6.85. The van der Waals surface area contributed by atoms with Gasteiger partial charge in [0.1, 0.15) is 24.7 Å². The number of phenols is 1. The molecule has 33 heavy (non-hydrogen) atoms. The Morgan fingerprint density at radius 3 is 2.30 bits per heavy atom. The van der Waals surface area contributed by atoms with Gasteiger partial charge in [0.2, 0.25) is 0 Å². The lowest BCUT2D eigenvalue weighted by Gasteiger charge is -2.25. The van der Waals surface area contributed by atoms with Gasteiger partial charge in [0.25, 0.3) is 0 Å². The van der Waals surface area contributed by atoms with E-state index in [9.17, 15) is 5.11 Å². The Bertz CT molecular complexity index is 1090. The Morgan fingerprint density at radius 1 is 0.788 bits per heavy atom. The van der Waals surface area contributed by atoms with Crippen molar-refractivity contribution in [1.29, 1.82) is 0 Å². The molecule has 1 aliphatic heterocycles. The van der Waals surface area contributed by atoms with Crippen molar-refractivity contribution in [1.82, 2.24) is 0 Å². The highest BCUT2D eigenvalue weighted by molar-refractivity contribution is 6.00. The highest BCUT2D eigenvalue weighted by atomic mass is 35.5. The second-order valence-electron chi connectivity index (χ2n) is 8.99. The van der Waals surface area contributed by atoms with E-state index in [2.05, 4.69) is 60.7 Å². The summed E-state index contributed by atoms with van der Waals surface area (Å²) in [7, 11) is 0. The molecule has 2 aliphatic rings. The number of ether oxygens (including phenoxy) is 1. The molecule has 3 nitrogen and oxygen atoms in total. The second kappa shape index (κ2) is 10.9. The number of benzene rings is 3. The van der Waals surface area contributed by atoms with E-state index in [0.717, 1.165) is 31.7 Å². The molecule has 0 bridgehead atoms. The second-order valence-corrected chi connectivity index (χ2v) is 8.99. The van der Waals surface area contributed by atoms with E-state index in [4.69, 9.17) is 4.74 Å². The molecule has 0 spiro atoms. The van der Waals surface area contributed by atoms with Gasteiger partial charge in [-0.25, -0.2) is 0 Å². The first-order chi connectivity index (χ1) is 15.8. The number of aromatic hydroxyl groups is 1. The van der Waals surface area contributed by atoms with Gasteiger partial charge in [0, 0.05) is 0 Å². The molecule has 172 valence electrons. The number of phenolic OH excluding ortho intramolecular Hbond substituents is 1. The van der Waals surface area contributed by atoms with Crippen molar-refractivity contribution in [2.45, 2.75) is 32.1 Å². The molecule has 1 fully saturated rings. The third kappa shape index (κ3) is 5.43. The first-order valence-electron chi connectivity index (χ1n) is 12.0. The molecule has 0 unspecified atom stereocenters. The quantitative estimate of drug-likeness (QED) is 0.586. The summed E-state index contributed by atoms with van der Waals surface area (Å²) in [6.45, 7) is 4.43. The number of halogens is 1. The zero-order chi connectivity index (χ0) is 21.8. The summed E-state index contributed by atoms with van der Waals surface area (Å²) in [4.78, 5) is 1.67. The van der Waals surface area contributed by atoms with E-state index in [1.807, 2.05) is 6.07 Å². The maximum atomic E-state index is 10.0. The van der Waals surface area contributed by atoms with Crippen LogP contribution in [0.15, 0.2) is 72.8 Å². The van der Waals surface area contributed by atoms with Gasteiger partial charge in [-0.15, -0.1) is 0 Å². The summed E-state index contributed by atoms with van der Waals surface area (Å²) in [5.74, 6) is 1.28. The molecule has 0 aromatic heterocycles. The molecular formula is C29H32ClNO2. The smallest absolute Gasteiger partial charge is 0.137 e. The molecule has 1 aliphatic carbocycles. The molecule has 4 heteroatoms. The molecule has 0 radical (unpaired) electrons. The third-order valence-electron chi connectivity index (χ3n) is 6.85. The predicted molar refractivity (Wildman–Crippen MR) is 130 cm³/mol. The number of piperidine rings is 1. The maximum Gasteiger partial charge on any atom is 0.137 e. The minimum atomic E-state index is 0. The lowest BCUT2D eigenvalue weighted by atomic mass is 9.79. The number of aryl methyl sites for hydroxylation is 1. The summed E-state index contributed by atoms with van der Waals surface area (Å²) in [5.41, 5.74) is 7.53. The largest absolute Gasteiger partial charge is 1.00 e. The number of rotatable bonds is 6. The number of hydrogen-bond donors (Lipinski definition) is 2. The van der Waals surface area contributed by atoms with Gasteiger partial charge >= 0.3 is 0 Å². The summed E-state index contributed by atoms with van der Waals surface area (Å²) in [5, 5.41) is 10.0. The molecule has 3 aromatic rings. The van der Waals surface area contributed by atoms with Crippen LogP contribution in [0.25, 0.3) is 11.1 Å². The molecule has 1 saturated heterocycles. The lowest BCUT2D eigenvalue weighted by molar-refractivity contribution is -0.904. The number of allylic oxidation sites excluding steroid dienone is 1. The van der Waals surface area contributed by atoms with Crippen molar-refractivity contribution < 1.29 is 27.2 Å². The van der Waals surface area contributed by atoms with Crippen LogP contribution in [0.5, 0.6) is 11.5 Å². The minimum Gasteiger partial charge on any atom is -1.00 e. The Balaban J connectivity index is 0.00000259. The minimum absolute atomic E-state index is 0. The van der Waals surface area contributed by atoms with Crippen molar-refractivity contribution in [3.63, 3.8) is 0 Å². The Kier molecular flexibility index (Phi) is 7.74. The fourth-order valence-corrected chi connectivity index (χ4v) is 5.17. The summed E-state index contributed by atoms with van der Waals surface area (Å²) >= 11 is 0. The first-order valence-corrected chi connectivity index (χ1v) is 12.0. The van der Waals surface area contributed by atoms with Crippen LogP contribution >= 0.6 is 0 Å². The molecular weight excluding hydrogens is 430 g/mol. The Morgan fingerprint density at radius 2 is 1.55 bits per heavy atom. The molecule has 3 aromatic carbocycles. The van der Waals surface area contributed by atoms with Crippen molar-refractivity contribution in [3.05, 3.63) is 95.1 Å². The number of fused-ring (bicyclic) bond motifs is 1. The zero-order valence-corrected chi connectivity index (χ0v) is 19.8. The zero-order valence-electron chi connectivity index (χ0n) is 19.0. The van der Waals surface area contributed by atoms with E-state index >= 15 is 0 Å². The van der Waals surface area contributed by atoms with Crippen LogP contribution in [0.3, 0.4) is 0 Å². The van der Waals surface area contributed by atoms with Gasteiger partial charge in [-0.05, 0) is 89.8 Å². The van der Waals surface area contributed by atoms with E-state index in [1.54, 1.807) is 11.0 Å². The first kappa shape index (κ1) is 23.4. The lowest BCUT2D eigenvalue weighted by Crippen LogP contribution is -3.13. The van der Waals surface area contributed by atoms with Crippen molar-refractivity contribution in [3.8, 4) is 11.5 Å². The van der Waals surface area contributed by atoms with Gasteiger partial charge in [-0.1, -0.05) is 48.5 Å². The standard InChI is InChI=1S/C29H31NO2.ClH/c31-25-12-16-28-24(21-25)11-15-27(22-7-3-1-4-8-22)29(28)23-9-13-26(14-10-23)32-20-19-30-17-5-2-6-18-30;/h1,3-4,7-10,12-14,16,21,31H,2,5-6,11,15,17-20H2;1H. The highest BCUT2D eigenvalue weighted by Crippen LogP contribution is 2.41. The van der Waals surface area contributed by atoms with E-state index in [0.29, 0.717) is 5.75 Å². The van der Waals surface area contributed by atoms with Crippen LogP contribution in [0.4, 0.5) is 0 Å². The van der Waals surface area contributed by atoms with Crippen LogP contribution in [-0.4, -0.2) is 31.3 Å². The average Bonchev–Trinajstić information content (AvgIpc) is 2.85. The molecule has 2 N–H and O–H groups in total. The molecule has 0 saturated carbocycles. The highest BCUT2D eigenvalue weighted by Gasteiger charge is 2.22. The Labute approximate surface area is 203 Å². The molecule has 0 atom stereocenters. The normalized spacial score (nSPS) is 16.1. The van der Waals surface area contributed by atoms with Crippen LogP contribution in [0.2, 0.25) is 0 Å². The van der Waals surface area contributed by atoms with E-state index in [1.165, 1.54) is 65.8 Å². The predicted octanol–water partition coefficient (Wildman–Crippen LogP) is 1.75. The fraction of sp³-hybridized carbons (Fsp3) is 0.310. The number of likely N-dealkylation sites (tertiary alicyclic amines) is 1. The monoisotopic (exact) mass is 461 g/mol. The van der Waals surface area contributed by atoms with Crippen molar-refractivity contribution in [2.75, 3.05) is 26.2 Å². The van der Waals surface area contributed by atoms with E-state index in [-0.39, 0.29) is 12.4 Å². The van der Waals surface area contributed by atoms with Gasteiger partial charge in [-0.3, -0.25) is 0 Å². The van der Waals surface area contributed by atoms with E-state index < -0.39 is 0 Å². The number of nitrogens with one attached hydrogen (secondary N) is 1. The summed E-state index contributed by atoms with van der Waals surface area (Å²) < 4.78 is 6.08. The SMILES string of the molecule is Oc1ccc2c(c1)CCC(c1ccccc1)=C2c1ccc(OCC[NH+]2CCCCC2)cc1.[Cl-]. The molecule has 1 heterocycles. The van der Waals surface area contributed by atoms with Crippen LogP contribution in [-0.2, 0) is 6.42 Å². The van der Waals surface area contributed by atoms with Gasteiger partial charge in [0.15, 0.2) is 0 Å². The Hall–Kier alpha value is -2.75. The fourth-order valence-electron chi connectivity index (χ4n) is 5.17. The number of hydrogen-bond acceptors (Lipinski definition) is 2. The van der Waals surface area contributed by atoms with Gasteiger partial charge < -0.3 is 27.2 Å². The van der Waals surface area contributed by atoms with Crippen LogP contribution < -0.4 is 22.0 Å². The van der Waals surface area contributed by atoms with Gasteiger partial charge in [-0.2, -0.15) is 0 Å². The number of quaternary nitrogens is 1. The van der Waals surface area contributed by atoms with Crippen LogP contribution in [0.1, 0.15) is 47.9 Å². The average molecular weight is 462 g/mol. The van der Waals surface area contributed by atoms with Gasteiger partial charge in [0.05, 0.1) is 13.1 Å². The van der Waals surface area contributed by atoms with Crippen molar-refractivity contribution >= 4 is 11.1 Å². The summed E-state index contributed by atoms with van der Waals surface area (Å²) in [6, 6.07) is 25.0. The van der Waals surface area contributed by atoms with Crippen LogP contribution in [0, 0.1) is 0 Å². The van der Waals surface area contributed by atoms with Crippen molar-refractivity contribution in [2.24, 2.45) is 0 Å². The maximum absolute atomic E-state index is 10.0. The summed E-state index contributed by atoms with van der Waals surface area (Å²) in [6.07, 6.45) is 5.99. The molecule has 5 rings (SSSR count).